The summed E-state index contributed by atoms with van der Waals surface area (Å²) in [5, 5.41) is 31.6. The number of rotatable bonds is 20. The molecule has 0 unspecified atom stereocenters. The first-order chi connectivity index (χ1) is 18.1. The molecule has 0 saturated carbocycles. The summed E-state index contributed by atoms with van der Waals surface area (Å²) in [7, 11) is -1.71. The van der Waals surface area contributed by atoms with E-state index >= 15 is 0 Å². The fourth-order valence-corrected chi connectivity index (χ4v) is 4.26. The van der Waals surface area contributed by atoms with Crippen LogP contribution in [-0.4, -0.2) is 52.3 Å². The van der Waals surface area contributed by atoms with Gasteiger partial charge in [0.2, 0.25) is 5.91 Å². The molecule has 38 heavy (non-hydrogen) atoms. The zero-order chi connectivity index (χ0) is 28.3. The zero-order valence-electron chi connectivity index (χ0n) is 22.7. The van der Waals surface area contributed by atoms with Crippen molar-refractivity contribution in [1.29, 1.82) is 0 Å². The number of unbranched alkanes of at least 4 members (excludes halogenated alkanes) is 4. The molecule has 0 spiro atoms. The molecular formula is C26H44BN5O6. The lowest BCUT2D eigenvalue weighted by atomic mass is 9.74. The molecule has 2 atom stereocenters. The molecule has 1 aromatic rings. The summed E-state index contributed by atoms with van der Waals surface area (Å²) < 4.78 is 0. The molecule has 0 aliphatic carbocycles. The number of Topliss-reactive ketones (excluding diaryl/α,β-unsaturated/α-hetero) is 1. The van der Waals surface area contributed by atoms with Crippen LogP contribution in [0.15, 0.2) is 35.3 Å². The minimum Gasteiger partial charge on any atom is -0.426 e. The number of hydrogen-bond acceptors (Lipinski definition) is 7. The second-order valence-electron chi connectivity index (χ2n) is 10.1. The lowest BCUT2D eigenvalue weighted by Gasteiger charge is -2.23. The molecule has 0 heterocycles. The van der Waals surface area contributed by atoms with Gasteiger partial charge >= 0.3 is 7.12 Å². The minimum atomic E-state index is -1.71. The van der Waals surface area contributed by atoms with Gasteiger partial charge in [0.25, 0.3) is 5.96 Å². The average Bonchev–Trinajstić information content (AvgIpc) is 2.84. The van der Waals surface area contributed by atoms with E-state index in [1.54, 1.807) is 5.43 Å². The first-order valence-electron chi connectivity index (χ1n) is 13.5. The third-order valence-corrected chi connectivity index (χ3v) is 6.22. The Kier molecular flexibility index (Phi) is 16.6. The predicted octanol–water partition coefficient (Wildman–Crippen LogP) is 2.56. The first-order valence-corrected chi connectivity index (χ1v) is 13.5. The van der Waals surface area contributed by atoms with Crippen molar-refractivity contribution < 1.29 is 24.7 Å². The molecule has 212 valence electrons. The van der Waals surface area contributed by atoms with E-state index in [9.17, 15) is 29.8 Å². The summed E-state index contributed by atoms with van der Waals surface area (Å²) in [6.45, 7) is 3.96. The SMILES string of the molecule is CC(C)C[C@H](NC(=O)[C@H](CCCN=C(N)N[N+](=O)[O-])CC(=O)CCCCCCCc1ccccc1)B(O)O. The van der Waals surface area contributed by atoms with Crippen molar-refractivity contribution in [2.75, 3.05) is 6.54 Å². The van der Waals surface area contributed by atoms with Gasteiger partial charge in [-0.1, -0.05) is 68.9 Å². The van der Waals surface area contributed by atoms with Gasteiger partial charge in [-0.3, -0.25) is 9.59 Å². The monoisotopic (exact) mass is 533 g/mol. The van der Waals surface area contributed by atoms with Crippen LogP contribution in [0.5, 0.6) is 0 Å². The molecular weight excluding hydrogens is 489 g/mol. The third kappa shape index (κ3) is 16.0. The highest BCUT2D eigenvalue weighted by Crippen LogP contribution is 2.17. The van der Waals surface area contributed by atoms with Crippen molar-refractivity contribution in [2.24, 2.45) is 22.6 Å². The Morgan fingerprint density at radius 1 is 1.08 bits per heavy atom. The number of aryl methyl sites for hydroxylation is 1. The number of hydrogen-bond donors (Lipinski definition) is 5. The van der Waals surface area contributed by atoms with E-state index in [0.717, 1.165) is 38.5 Å². The highest BCUT2D eigenvalue weighted by Gasteiger charge is 2.29. The summed E-state index contributed by atoms with van der Waals surface area (Å²) in [4.78, 5) is 39.9. The molecule has 11 nitrogen and oxygen atoms in total. The second kappa shape index (κ2) is 19.1. The van der Waals surface area contributed by atoms with E-state index in [0.29, 0.717) is 25.7 Å². The van der Waals surface area contributed by atoms with Gasteiger partial charge in [0.1, 0.15) is 5.78 Å². The maximum absolute atomic E-state index is 13.0. The van der Waals surface area contributed by atoms with E-state index < -0.39 is 29.9 Å². The Hall–Kier alpha value is -2.99. The van der Waals surface area contributed by atoms with E-state index in [4.69, 9.17) is 5.73 Å². The topological polar surface area (TPSA) is 180 Å². The molecule has 6 N–H and O–H groups in total. The summed E-state index contributed by atoms with van der Waals surface area (Å²) in [6, 6.07) is 10.3. The number of guanidine groups is 1. The quantitative estimate of drug-likeness (QED) is 0.0423. The predicted molar refractivity (Wildman–Crippen MR) is 148 cm³/mol. The molecule has 0 bridgehead atoms. The molecule has 0 saturated heterocycles. The molecule has 0 aliphatic rings. The molecule has 0 radical (unpaired) electrons. The number of nitrogens with two attached hydrogens (primary N) is 1. The zero-order valence-corrected chi connectivity index (χ0v) is 22.7. The smallest absolute Gasteiger partial charge is 0.426 e. The van der Waals surface area contributed by atoms with Gasteiger partial charge in [-0.15, -0.1) is 0 Å². The Bertz CT molecular complexity index is 869. The number of nitro groups is 1. The Balaban J connectivity index is 2.53. The maximum atomic E-state index is 13.0. The summed E-state index contributed by atoms with van der Waals surface area (Å²) in [5.74, 6) is -2.15. The van der Waals surface area contributed by atoms with Crippen molar-refractivity contribution >= 4 is 24.8 Å². The van der Waals surface area contributed by atoms with Crippen molar-refractivity contribution in [3.8, 4) is 0 Å². The number of nitrogens with one attached hydrogen (secondary N) is 2. The van der Waals surface area contributed by atoms with Crippen LogP contribution in [0, 0.1) is 22.0 Å². The molecule has 0 aliphatic heterocycles. The average molecular weight is 533 g/mol. The van der Waals surface area contributed by atoms with E-state index in [1.165, 1.54) is 5.56 Å². The number of carbonyl (C=O) groups excluding carboxylic acids is 2. The van der Waals surface area contributed by atoms with Gasteiger partial charge in [0.05, 0.1) is 5.94 Å². The lowest BCUT2D eigenvalue weighted by molar-refractivity contribution is -0.525. The van der Waals surface area contributed by atoms with Crippen LogP contribution in [0.2, 0.25) is 0 Å². The molecule has 1 rings (SSSR count). The number of ketones is 1. The van der Waals surface area contributed by atoms with E-state index in [2.05, 4.69) is 22.4 Å². The van der Waals surface area contributed by atoms with Crippen LogP contribution < -0.4 is 16.5 Å². The highest BCUT2D eigenvalue weighted by atomic mass is 16.7. The van der Waals surface area contributed by atoms with Gasteiger partial charge in [0, 0.05) is 25.3 Å². The van der Waals surface area contributed by atoms with Gasteiger partial charge < -0.3 is 21.1 Å². The third-order valence-electron chi connectivity index (χ3n) is 6.22. The van der Waals surface area contributed by atoms with E-state index in [-0.39, 0.29) is 30.6 Å². The standard InChI is InChI=1S/C26H44BN5O6/c1-20(2)18-24(27(35)36)30-25(34)22(15-11-17-29-26(28)31-32(37)38)19-23(33)16-10-5-3-4-7-12-21-13-8-6-9-14-21/h6,8-9,13-14,20,22,24,35-36H,3-5,7,10-12,15-19H2,1-2H3,(H,30,34)(H3,28,29,31)/t22-,24+/m1/s1. The van der Waals surface area contributed by atoms with Crippen molar-refractivity contribution in [2.45, 2.75) is 90.4 Å². The van der Waals surface area contributed by atoms with Crippen molar-refractivity contribution in [3.05, 3.63) is 46.0 Å². The van der Waals surface area contributed by atoms with Crippen LogP contribution in [-0.2, 0) is 16.0 Å². The molecule has 1 amide bonds. The van der Waals surface area contributed by atoms with Gasteiger partial charge in [-0.05, 0) is 50.0 Å². The lowest BCUT2D eigenvalue weighted by Crippen LogP contribution is -2.49. The minimum absolute atomic E-state index is 0.0163. The fraction of sp³-hybridized carbons (Fsp3) is 0.654. The number of aliphatic imine (C=N–C) groups is 1. The van der Waals surface area contributed by atoms with Crippen LogP contribution in [0.25, 0.3) is 0 Å². The highest BCUT2D eigenvalue weighted by molar-refractivity contribution is 6.43. The number of hydrazine groups is 1. The molecule has 12 heteroatoms. The van der Waals surface area contributed by atoms with Gasteiger partial charge in [-0.2, -0.15) is 0 Å². The Morgan fingerprint density at radius 2 is 1.74 bits per heavy atom. The first kappa shape index (κ1) is 33.0. The van der Waals surface area contributed by atoms with Crippen LogP contribution >= 0.6 is 0 Å². The Morgan fingerprint density at radius 3 is 2.37 bits per heavy atom. The number of amides is 1. The van der Waals surface area contributed by atoms with Crippen molar-refractivity contribution in [3.63, 3.8) is 0 Å². The molecule has 0 aromatic heterocycles. The maximum Gasteiger partial charge on any atom is 0.475 e. The number of nitrogens with zero attached hydrogens (tertiary/aromatic N) is 2. The van der Waals surface area contributed by atoms with Crippen LogP contribution in [0.4, 0.5) is 0 Å². The molecule has 1 aromatic carbocycles. The summed E-state index contributed by atoms with van der Waals surface area (Å²) >= 11 is 0. The van der Waals surface area contributed by atoms with E-state index in [1.807, 2.05) is 32.0 Å². The normalized spacial score (nSPS) is 13.1. The number of carbonyl (C=O) groups is 2. The number of benzene rings is 1. The summed E-state index contributed by atoms with van der Waals surface area (Å²) in [5.41, 5.74) is 8.50. The van der Waals surface area contributed by atoms with Crippen molar-refractivity contribution in [1.82, 2.24) is 10.7 Å². The van der Waals surface area contributed by atoms with Crippen LogP contribution in [0.1, 0.15) is 83.6 Å². The van der Waals surface area contributed by atoms with Gasteiger partial charge in [0.15, 0.2) is 5.03 Å². The second-order valence-corrected chi connectivity index (χ2v) is 10.1. The van der Waals surface area contributed by atoms with Crippen LogP contribution in [0.3, 0.4) is 0 Å². The largest absolute Gasteiger partial charge is 0.475 e. The van der Waals surface area contributed by atoms with Gasteiger partial charge in [-0.25, -0.2) is 15.1 Å². The Labute approximate surface area is 225 Å². The molecule has 0 fully saturated rings. The summed E-state index contributed by atoms with van der Waals surface area (Å²) in [6.07, 6.45) is 7.51. The fourth-order valence-electron chi connectivity index (χ4n) is 4.26.